The molecule has 0 aliphatic heterocycles. The molecule has 0 aromatic heterocycles. The maximum Gasteiger partial charge on any atom is 0.123 e. The lowest BCUT2D eigenvalue weighted by molar-refractivity contribution is 0.222. The molecule has 1 N–H and O–H groups in total. The van der Waals surface area contributed by atoms with Gasteiger partial charge in [0.1, 0.15) is 12.4 Å². The lowest BCUT2D eigenvalue weighted by Gasteiger charge is -2.18. The van der Waals surface area contributed by atoms with Crippen molar-refractivity contribution in [1.82, 2.24) is 4.90 Å². The Balaban J connectivity index is 2.01. The van der Waals surface area contributed by atoms with Crippen molar-refractivity contribution in [2.45, 2.75) is 26.7 Å². The van der Waals surface area contributed by atoms with Crippen molar-refractivity contribution in [3.05, 3.63) is 29.3 Å². The van der Waals surface area contributed by atoms with Gasteiger partial charge in [-0.3, -0.25) is 0 Å². The molecule has 4 nitrogen and oxygen atoms in total. The fourth-order valence-corrected chi connectivity index (χ4v) is 2.54. The van der Waals surface area contributed by atoms with E-state index < -0.39 is 0 Å². The Hall–Kier alpha value is -1.55. The Kier molecular flexibility index (Phi) is 4.80. The number of likely N-dealkylation sites (N-methyl/N-ethyl adjacent to an activating group) is 1. The molecule has 0 unspecified atom stereocenters. The summed E-state index contributed by atoms with van der Waals surface area (Å²) in [6, 6.07) is 5.96. The third kappa shape index (κ3) is 3.07. The van der Waals surface area contributed by atoms with Gasteiger partial charge in [0, 0.05) is 17.7 Å². The van der Waals surface area contributed by atoms with Crippen LogP contribution >= 0.6 is 0 Å². The number of fused-ring (bicyclic) bond motifs is 1. The Morgan fingerprint density at radius 1 is 1.26 bits per heavy atom. The molecule has 0 spiro atoms. The zero-order chi connectivity index (χ0) is 13.7. The van der Waals surface area contributed by atoms with E-state index in [4.69, 9.17) is 9.94 Å². The van der Waals surface area contributed by atoms with Gasteiger partial charge in [0.25, 0.3) is 0 Å². The van der Waals surface area contributed by atoms with Gasteiger partial charge in [-0.2, -0.15) is 0 Å². The topological polar surface area (TPSA) is 45.1 Å². The van der Waals surface area contributed by atoms with Crippen molar-refractivity contribution in [3.8, 4) is 5.75 Å². The van der Waals surface area contributed by atoms with Crippen LogP contribution in [0.4, 0.5) is 0 Å². The van der Waals surface area contributed by atoms with E-state index in [9.17, 15) is 0 Å². The predicted molar refractivity (Wildman–Crippen MR) is 76.4 cm³/mol. The zero-order valence-electron chi connectivity index (χ0n) is 11.7. The monoisotopic (exact) mass is 262 g/mol. The van der Waals surface area contributed by atoms with E-state index in [0.29, 0.717) is 6.61 Å². The average Bonchev–Trinajstić information content (AvgIpc) is 2.87. The highest BCUT2D eigenvalue weighted by molar-refractivity contribution is 6.04. The van der Waals surface area contributed by atoms with Crippen molar-refractivity contribution in [3.63, 3.8) is 0 Å². The molecule has 0 atom stereocenters. The Bertz CT molecular complexity index is 453. The van der Waals surface area contributed by atoms with Gasteiger partial charge in [-0.1, -0.05) is 31.1 Å². The summed E-state index contributed by atoms with van der Waals surface area (Å²) in [6.45, 7) is 8.06. The van der Waals surface area contributed by atoms with Crippen LogP contribution in [0.1, 0.15) is 31.4 Å². The van der Waals surface area contributed by atoms with Gasteiger partial charge in [0.05, 0.1) is 5.71 Å². The molecule has 0 bridgehead atoms. The van der Waals surface area contributed by atoms with E-state index in [1.807, 2.05) is 18.2 Å². The minimum atomic E-state index is 0.698. The predicted octanol–water partition coefficient (Wildman–Crippen LogP) is 2.53. The van der Waals surface area contributed by atoms with Crippen molar-refractivity contribution >= 4 is 5.71 Å². The minimum absolute atomic E-state index is 0.698. The van der Waals surface area contributed by atoms with E-state index in [2.05, 4.69) is 23.9 Å². The number of hydrogen-bond acceptors (Lipinski definition) is 4. The summed E-state index contributed by atoms with van der Waals surface area (Å²) in [5.74, 6) is 0.934. The van der Waals surface area contributed by atoms with Crippen LogP contribution in [0.2, 0.25) is 0 Å². The molecule has 0 fully saturated rings. The summed E-state index contributed by atoms with van der Waals surface area (Å²) in [5, 5.41) is 12.3. The molecule has 0 heterocycles. The van der Waals surface area contributed by atoms with E-state index >= 15 is 0 Å². The third-order valence-electron chi connectivity index (χ3n) is 3.74. The van der Waals surface area contributed by atoms with Crippen LogP contribution in [0, 0.1) is 0 Å². The van der Waals surface area contributed by atoms with E-state index in [1.165, 1.54) is 5.56 Å². The molecule has 2 rings (SSSR count). The largest absolute Gasteiger partial charge is 0.492 e. The molecule has 1 aliphatic carbocycles. The number of rotatable bonds is 6. The number of nitrogens with zero attached hydrogens (tertiary/aromatic N) is 2. The Morgan fingerprint density at radius 3 is 2.74 bits per heavy atom. The highest BCUT2D eigenvalue weighted by Crippen LogP contribution is 2.30. The zero-order valence-corrected chi connectivity index (χ0v) is 11.7. The molecule has 0 saturated heterocycles. The molecule has 1 aromatic carbocycles. The first-order valence-corrected chi connectivity index (χ1v) is 6.98. The van der Waals surface area contributed by atoms with Crippen LogP contribution < -0.4 is 4.74 Å². The lowest BCUT2D eigenvalue weighted by atomic mass is 10.1. The molecule has 104 valence electrons. The summed E-state index contributed by atoms with van der Waals surface area (Å²) in [5.41, 5.74) is 2.97. The quantitative estimate of drug-likeness (QED) is 0.633. The average molecular weight is 262 g/mol. The molecule has 0 radical (unpaired) electrons. The first-order valence-electron chi connectivity index (χ1n) is 6.98. The fraction of sp³-hybridized carbons (Fsp3) is 0.533. The molecule has 4 heteroatoms. The second-order valence-corrected chi connectivity index (χ2v) is 4.70. The van der Waals surface area contributed by atoms with Gasteiger partial charge in [0.2, 0.25) is 0 Å². The minimum Gasteiger partial charge on any atom is -0.492 e. The first kappa shape index (κ1) is 13.9. The van der Waals surface area contributed by atoms with Crippen molar-refractivity contribution in [2.75, 3.05) is 26.2 Å². The highest BCUT2D eigenvalue weighted by Gasteiger charge is 2.21. The standard InChI is InChI=1S/C15H22N2O2/c1-3-17(4-2)10-11-19-15-7-5-6-12-13(15)8-9-14(12)16-18/h5-7,18H,3-4,8-11H2,1-2H3. The Labute approximate surface area is 114 Å². The van der Waals surface area contributed by atoms with Crippen molar-refractivity contribution < 1.29 is 9.94 Å². The van der Waals surface area contributed by atoms with Gasteiger partial charge in [0.15, 0.2) is 0 Å². The molecule has 0 amide bonds. The summed E-state index contributed by atoms with van der Waals surface area (Å²) in [4.78, 5) is 2.34. The van der Waals surface area contributed by atoms with Gasteiger partial charge >= 0.3 is 0 Å². The number of ether oxygens (including phenoxy) is 1. The number of hydrogen-bond donors (Lipinski definition) is 1. The first-order chi connectivity index (χ1) is 9.30. The summed E-state index contributed by atoms with van der Waals surface area (Å²) in [6.07, 6.45) is 1.69. The van der Waals surface area contributed by atoms with Gasteiger partial charge in [-0.25, -0.2) is 0 Å². The van der Waals surface area contributed by atoms with Crippen LogP contribution in [-0.2, 0) is 6.42 Å². The maximum absolute atomic E-state index is 8.96. The van der Waals surface area contributed by atoms with Crippen molar-refractivity contribution in [1.29, 1.82) is 0 Å². The normalized spacial score (nSPS) is 16.1. The number of oxime groups is 1. The van der Waals surface area contributed by atoms with E-state index in [-0.39, 0.29) is 0 Å². The lowest BCUT2D eigenvalue weighted by Crippen LogP contribution is -2.28. The molecule has 0 saturated carbocycles. The van der Waals surface area contributed by atoms with Crippen LogP contribution in [0.15, 0.2) is 23.4 Å². The molecular formula is C15H22N2O2. The number of benzene rings is 1. The van der Waals surface area contributed by atoms with Gasteiger partial charge in [-0.05, 0) is 32.0 Å². The summed E-state index contributed by atoms with van der Waals surface area (Å²) >= 11 is 0. The summed E-state index contributed by atoms with van der Waals surface area (Å²) in [7, 11) is 0. The molecule has 19 heavy (non-hydrogen) atoms. The molecular weight excluding hydrogens is 240 g/mol. The van der Waals surface area contributed by atoms with Gasteiger partial charge in [-0.15, -0.1) is 0 Å². The van der Waals surface area contributed by atoms with Crippen LogP contribution in [-0.4, -0.2) is 42.1 Å². The maximum atomic E-state index is 8.96. The van der Waals surface area contributed by atoms with Crippen LogP contribution in [0.25, 0.3) is 0 Å². The van der Waals surface area contributed by atoms with E-state index in [0.717, 1.165) is 49.5 Å². The van der Waals surface area contributed by atoms with Crippen LogP contribution in [0.3, 0.4) is 0 Å². The summed E-state index contributed by atoms with van der Waals surface area (Å²) < 4.78 is 5.90. The van der Waals surface area contributed by atoms with E-state index in [1.54, 1.807) is 0 Å². The van der Waals surface area contributed by atoms with Crippen molar-refractivity contribution in [2.24, 2.45) is 5.16 Å². The third-order valence-corrected chi connectivity index (χ3v) is 3.74. The van der Waals surface area contributed by atoms with Gasteiger partial charge < -0.3 is 14.8 Å². The fourth-order valence-electron chi connectivity index (χ4n) is 2.54. The second-order valence-electron chi connectivity index (χ2n) is 4.70. The SMILES string of the molecule is CCN(CC)CCOc1cccc2c1CCC2=NO. The second kappa shape index (κ2) is 6.57. The Morgan fingerprint density at radius 2 is 2.05 bits per heavy atom. The molecule has 1 aliphatic rings. The van der Waals surface area contributed by atoms with Crippen LogP contribution in [0.5, 0.6) is 5.75 Å². The highest BCUT2D eigenvalue weighted by atomic mass is 16.5. The smallest absolute Gasteiger partial charge is 0.123 e. The molecule has 1 aromatic rings.